The van der Waals surface area contributed by atoms with Crippen molar-refractivity contribution in [1.29, 1.82) is 0 Å². The van der Waals surface area contributed by atoms with Crippen molar-refractivity contribution in [2.45, 2.75) is 32.2 Å². The summed E-state index contributed by atoms with van der Waals surface area (Å²) in [6.07, 6.45) is 5.85. The Morgan fingerprint density at radius 1 is 1.44 bits per heavy atom. The van der Waals surface area contributed by atoms with Gasteiger partial charge in [-0.15, -0.1) is 0 Å². The van der Waals surface area contributed by atoms with Gasteiger partial charge in [0, 0.05) is 18.7 Å². The standard InChI is InChI=1S/C12H17N5O/c1-2-17-8-10(7-14-17)11-15-12(18-16-11)9-3-5-13-6-4-9/h7-9,13H,2-6H2,1H3. The Morgan fingerprint density at radius 3 is 3.00 bits per heavy atom. The Bertz CT molecular complexity index is 512. The molecule has 0 saturated carbocycles. The summed E-state index contributed by atoms with van der Waals surface area (Å²) in [5.74, 6) is 1.80. The van der Waals surface area contributed by atoms with Gasteiger partial charge < -0.3 is 9.84 Å². The highest BCUT2D eigenvalue weighted by atomic mass is 16.5. The highest BCUT2D eigenvalue weighted by molar-refractivity contribution is 5.51. The van der Waals surface area contributed by atoms with E-state index in [1.807, 2.05) is 17.8 Å². The molecule has 1 saturated heterocycles. The van der Waals surface area contributed by atoms with Gasteiger partial charge in [0.25, 0.3) is 0 Å². The topological polar surface area (TPSA) is 68.8 Å². The molecule has 0 aliphatic carbocycles. The number of nitrogens with zero attached hydrogens (tertiary/aromatic N) is 4. The van der Waals surface area contributed by atoms with Crippen LogP contribution in [0, 0.1) is 0 Å². The number of rotatable bonds is 3. The van der Waals surface area contributed by atoms with Crippen LogP contribution in [0.5, 0.6) is 0 Å². The predicted octanol–water partition coefficient (Wildman–Crippen LogP) is 1.42. The monoisotopic (exact) mass is 247 g/mol. The minimum absolute atomic E-state index is 0.397. The molecule has 96 valence electrons. The Morgan fingerprint density at radius 2 is 2.28 bits per heavy atom. The molecule has 1 aliphatic rings. The number of piperidine rings is 1. The van der Waals surface area contributed by atoms with Crippen LogP contribution in [-0.2, 0) is 6.54 Å². The van der Waals surface area contributed by atoms with Crippen LogP contribution in [0.2, 0.25) is 0 Å². The Labute approximate surface area is 105 Å². The van der Waals surface area contributed by atoms with Gasteiger partial charge in [-0.3, -0.25) is 4.68 Å². The van der Waals surface area contributed by atoms with Gasteiger partial charge in [-0.05, 0) is 32.9 Å². The van der Waals surface area contributed by atoms with E-state index in [-0.39, 0.29) is 0 Å². The lowest BCUT2D eigenvalue weighted by Gasteiger charge is -2.18. The number of aromatic nitrogens is 4. The van der Waals surface area contributed by atoms with E-state index in [0.29, 0.717) is 11.7 Å². The lowest BCUT2D eigenvalue weighted by Crippen LogP contribution is -2.26. The minimum atomic E-state index is 0.397. The van der Waals surface area contributed by atoms with Crippen molar-refractivity contribution in [3.8, 4) is 11.4 Å². The maximum absolute atomic E-state index is 5.38. The molecule has 0 unspecified atom stereocenters. The van der Waals surface area contributed by atoms with E-state index in [2.05, 4.69) is 20.6 Å². The molecule has 0 bridgehead atoms. The highest BCUT2D eigenvalue weighted by Crippen LogP contribution is 2.25. The zero-order chi connectivity index (χ0) is 12.4. The van der Waals surface area contributed by atoms with Crippen LogP contribution >= 0.6 is 0 Å². The van der Waals surface area contributed by atoms with Gasteiger partial charge >= 0.3 is 0 Å². The molecule has 0 amide bonds. The molecule has 1 fully saturated rings. The van der Waals surface area contributed by atoms with Gasteiger partial charge in [0.05, 0.1) is 11.8 Å². The number of hydrogen-bond acceptors (Lipinski definition) is 5. The first kappa shape index (κ1) is 11.4. The first-order chi connectivity index (χ1) is 8.86. The normalized spacial score (nSPS) is 17.2. The summed E-state index contributed by atoms with van der Waals surface area (Å²) in [5, 5.41) is 11.6. The average Bonchev–Trinajstić information content (AvgIpc) is 3.08. The van der Waals surface area contributed by atoms with Crippen molar-refractivity contribution in [3.63, 3.8) is 0 Å². The smallest absolute Gasteiger partial charge is 0.230 e. The summed E-state index contributed by atoms with van der Waals surface area (Å²) in [6, 6.07) is 0. The lowest BCUT2D eigenvalue weighted by molar-refractivity contribution is 0.320. The number of hydrogen-bond donors (Lipinski definition) is 1. The molecule has 6 nitrogen and oxygen atoms in total. The van der Waals surface area contributed by atoms with Crippen LogP contribution < -0.4 is 5.32 Å². The third-order valence-electron chi connectivity index (χ3n) is 3.35. The molecule has 0 atom stereocenters. The third kappa shape index (κ3) is 2.15. The van der Waals surface area contributed by atoms with E-state index in [1.165, 1.54) is 0 Å². The summed E-state index contributed by atoms with van der Waals surface area (Å²) in [4.78, 5) is 4.49. The molecule has 2 aromatic heterocycles. The first-order valence-corrected chi connectivity index (χ1v) is 6.44. The van der Waals surface area contributed by atoms with Crippen LogP contribution in [0.15, 0.2) is 16.9 Å². The molecule has 2 aromatic rings. The van der Waals surface area contributed by atoms with Gasteiger partial charge in [0.1, 0.15) is 0 Å². The summed E-state index contributed by atoms with van der Waals surface area (Å²) in [6.45, 7) is 4.94. The van der Waals surface area contributed by atoms with E-state index in [1.54, 1.807) is 6.20 Å². The van der Waals surface area contributed by atoms with Crippen molar-refractivity contribution in [2.75, 3.05) is 13.1 Å². The zero-order valence-corrected chi connectivity index (χ0v) is 10.5. The van der Waals surface area contributed by atoms with Gasteiger partial charge in [0.15, 0.2) is 0 Å². The van der Waals surface area contributed by atoms with E-state index in [0.717, 1.165) is 43.9 Å². The predicted molar refractivity (Wildman–Crippen MR) is 66.0 cm³/mol. The Hall–Kier alpha value is -1.69. The molecule has 6 heteroatoms. The zero-order valence-electron chi connectivity index (χ0n) is 10.5. The van der Waals surface area contributed by atoms with Crippen LogP contribution in [0.4, 0.5) is 0 Å². The van der Waals surface area contributed by atoms with Gasteiger partial charge in [0.2, 0.25) is 11.7 Å². The van der Waals surface area contributed by atoms with Crippen molar-refractivity contribution in [1.82, 2.24) is 25.2 Å². The molecular weight excluding hydrogens is 230 g/mol. The molecule has 0 aromatic carbocycles. The molecule has 1 aliphatic heterocycles. The maximum Gasteiger partial charge on any atom is 0.230 e. The van der Waals surface area contributed by atoms with E-state index >= 15 is 0 Å². The van der Waals surface area contributed by atoms with Gasteiger partial charge in [-0.2, -0.15) is 10.1 Å². The van der Waals surface area contributed by atoms with E-state index in [9.17, 15) is 0 Å². The van der Waals surface area contributed by atoms with Crippen molar-refractivity contribution in [2.24, 2.45) is 0 Å². The Balaban J connectivity index is 1.79. The fourth-order valence-electron chi connectivity index (χ4n) is 2.24. The summed E-state index contributed by atoms with van der Waals surface area (Å²) >= 11 is 0. The van der Waals surface area contributed by atoms with Crippen LogP contribution in [0.3, 0.4) is 0 Å². The lowest BCUT2D eigenvalue weighted by atomic mass is 9.98. The molecule has 3 heterocycles. The second kappa shape index (κ2) is 4.89. The highest BCUT2D eigenvalue weighted by Gasteiger charge is 2.21. The van der Waals surface area contributed by atoms with Crippen molar-refractivity contribution in [3.05, 3.63) is 18.3 Å². The quantitative estimate of drug-likeness (QED) is 0.888. The first-order valence-electron chi connectivity index (χ1n) is 6.44. The van der Waals surface area contributed by atoms with Gasteiger partial charge in [-0.25, -0.2) is 0 Å². The SMILES string of the molecule is CCn1cc(-c2noc(C3CCNCC3)n2)cn1. The van der Waals surface area contributed by atoms with Crippen LogP contribution in [-0.4, -0.2) is 33.0 Å². The molecule has 0 spiro atoms. The fraction of sp³-hybridized carbons (Fsp3) is 0.583. The van der Waals surface area contributed by atoms with Crippen molar-refractivity contribution >= 4 is 0 Å². The summed E-state index contributed by atoms with van der Waals surface area (Å²) < 4.78 is 7.23. The summed E-state index contributed by atoms with van der Waals surface area (Å²) in [5.41, 5.74) is 0.917. The van der Waals surface area contributed by atoms with E-state index in [4.69, 9.17) is 4.52 Å². The third-order valence-corrected chi connectivity index (χ3v) is 3.35. The fourth-order valence-corrected chi connectivity index (χ4v) is 2.24. The second-order valence-electron chi connectivity index (χ2n) is 4.57. The Kier molecular flexibility index (Phi) is 3.10. The van der Waals surface area contributed by atoms with Crippen LogP contribution in [0.1, 0.15) is 31.6 Å². The summed E-state index contributed by atoms with van der Waals surface area (Å²) in [7, 11) is 0. The average molecular weight is 247 g/mol. The molecule has 0 radical (unpaired) electrons. The largest absolute Gasteiger partial charge is 0.339 e. The second-order valence-corrected chi connectivity index (χ2v) is 4.57. The minimum Gasteiger partial charge on any atom is -0.339 e. The maximum atomic E-state index is 5.38. The molecule has 3 rings (SSSR count). The van der Waals surface area contributed by atoms with Crippen LogP contribution in [0.25, 0.3) is 11.4 Å². The molecule has 18 heavy (non-hydrogen) atoms. The number of nitrogens with one attached hydrogen (secondary N) is 1. The molecular formula is C12H17N5O. The van der Waals surface area contributed by atoms with Crippen molar-refractivity contribution < 1.29 is 4.52 Å². The van der Waals surface area contributed by atoms with Gasteiger partial charge in [-0.1, -0.05) is 5.16 Å². The van der Waals surface area contributed by atoms with E-state index < -0.39 is 0 Å². The number of aryl methyl sites for hydroxylation is 1. The molecule has 1 N–H and O–H groups in total.